The summed E-state index contributed by atoms with van der Waals surface area (Å²) in [5, 5.41) is 3.31. The van der Waals surface area contributed by atoms with Crippen LogP contribution >= 0.6 is 11.6 Å². The van der Waals surface area contributed by atoms with E-state index in [2.05, 4.69) is 19.2 Å². The Balaban J connectivity index is 2.30. The number of ether oxygens (including phenoxy) is 2. The minimum absolute atomic E-state index is 0.240. The Morgan fingerprint density at radius 1 is 1.24 bits per heavy atom. The second-order valence-electron chi connectivity index (χ2n) is 6.03. The normalized spacial score (nSPS) is 10.6. The summed E-state index contributed by atoms with van der Waals surface area (Å²) in [7, 11) is 1.53. The number of methoxy groups -OCH3 is 1. The fraction of sp³-hybridized carbons (Fsp3) is 0.350. The first-order valence-corrected chi connectivity index (χ1v) is 8.76. The lowest BCUT2D eigenvalue weighted by Gasteiger charge is -2.16. The zero-order chi connectivity index (χ0) is 18.4. The predicted molar refractivity (Wildman–Crippen MR) is 102 cm³/mol. The molecule has 2 aromatic rings. The molecule has 0 atom stereocenters. The topological polar surface area (TPSA) is 47.6 Å². The number of nitrogens with one attached hydrogen (secondary N) is 1. The molecule has 0 aromatic heterocycles. The van der Waals surface area contributed by atoms with Crippen LogP contribution in [0.3, 0.4) is 0 Å². The molecule has 0 radical (unpaired) electrons. The van der Waals surface area contributed by atoms with Crippen LogP contribution < -0.4 is 14.8 Å². The van der Waals surface area contributed by atoms with Crippen LogP contribution in [-0.2, 0) is 0 Å². The predicted octanol–water partition coefficient (Wildman–Crippen LogP) is 5.51. The van der Waals surface area contributed by atoms with E-state index in [1.165, 1.54) is 7.11 Å². The first-order valence-electron chi connectivity index (χ1n) is 8.38. The Hall–Kier alpha value is -2.20. The highest BCUT2D eigenvalue weighted by Crippen LogP contribution is 2.37. The van der Waals surface area contributed by atoms with E-state index in [0.717, 1.165) is 17.7 Å². The standard InChI is InChI=1S/C20H24ClNO3/c1-5-10-25-19-16(21)11-14(12-18(19)24-4)20(23)22-17-9-7-6-8-15(17)13(2)3/h6-9,11-13H,5,10H2,1-4H3,(H,22,23). The van der Waals surface area contributed by atoms with E-state index < -0.39 is 0 Å². The molecule has 1 amide bonds. The molecule has 2 aromatic carbocycles. The van der Waals surface area contributed by atoms with Crippen molar-refractivity contribution in [1.82, 2.24) is 0 Å². The molecule has 0 unspecified atom stereocenters. The van der Waals surface area contributed by atoms with E-state index in [1.807, 2.05) is 31.2 Å². The van der Waals surface area contributed by atoms with Crippen molar-refractivity contribution in [1.29, 1.82) is 0 Å². The number of hydrogen-bond donors (Lipinski definition) is 1. The number of anilines is 1. The lowest BCUT2D eigenvalue weighted by Crippen LogP contribution is -2.14. The smallest absolute Gasteiger partial charge is 0.255 e. The number of carbonyl (C=O) groups is 1. The number of halogens is 1. The average molecular weight is 362 g/mol. The largest absolute Gasteiger partial charge is 0.493 e. The summed E-state index contributed by atoms with van der Waals surface area (Å²) in [4.78, 5) is 12.7. The molecule has 0 saturated carbocycles. The van der Waals surface area contributed by atoms with Crippen molar-refractivity contribution < 1.29 is 14.3 Å². The van der Waals surface area contributed by atoms with Gasteiger partial charge in [-0.1, -0.05) is 50.6 Å². The Morgan fingerprint density at radius 3 is 2.60 bits per heavy atom. The van der Waals surface area contributed by atoms with Gasteiger partial charge in [-0.3, -0.25) is 4.79 Å². The van der Waals surface area contributed by atoms with Gasteiger partial charge < -0.3 is 14.8 Å². The number of para-hydroxylation sites is 1. The van der Waals surface area contributed by atoms with E-state index in [1.54, 1.807) is 12.1 Å². The van der Waals surface area contributed by atoms with Crippen molar-refractivity contribution in [2.24, 2.45) is 0 Å². The molecule has 25 heavy (non-hydrogen) atoms. The van der Waals surface area contributed by atoms with Gasteiger partial charge in [-0.2, -0.15) is 0 Å². The summed E-state index contributed by atoms with van der Waals surface area (Å²) < 4.78 is 11.0. The van der Waals surface area contributed by atoms with Gasteiger partial charge in [0.2, 0.25) is 0 Å². The van der Waals surface area contributed by atoms with E-state index >= 15 is 0 Å². The third-order valence-electron chi connectivity index (χ3n) is 3.77. The molecule has 0 fully saturated rings. The molecule has 0 bridgehead atoms. The van der Waals surface area contributed by atoms with Crippen LogP contribution in [0.1, 0.15) is 49.0 Å². The first-order chi connectivity index (χ1) is 12.0. The zero-order valence-corrected chi connectivity index (χ0v) is 15.8. The Morgan fingerprint density at radius 2 is 1.96 bits per heavy atom. The van der Waals surface area contributed by atoms with E-state index in [-0.39, 0.29) is 5.91 Å². The van der Waals surface area contributed by atoms with Gasteiger partial charge in [-0.05, 0) is 36.1 Å². The SMILES string of the molecule is CCCOc1c(Cl)cc(C(=O)Nc2ccccc2C(C)C)cc1OC. The molecule has 0 aliphatic carbocycles. The maximum Gasteiger partial charge on any atom is 0.255 e. The third kappa shape index (κ3) is 4.67. The fourth-order valence-corrected chi connectivity index (χ4v) is 2.77. The molecule has 0 saturated heterocycles. The highest BCUT2D eigenvalue weighted by molar-refractivity contribution is 6.32. The summed E-state index contributed by atoms with van der Waals surface area (Å²) >= 11 is 6.29. The number of carbonyl (C=O) groups excluding carboxylic acids is 1. The summed E-state index contributed by atoms with van der Waals surface area (Å²) in [5.41, 5.74) is 2.30. The molecule has 0 heterocycles. The van der Waals surface area contributed by atoms with Gasteiger partial charge in [0.05, 0.1) is 18.7 Å². The molecule has 0 spiro atoms. The molecular formula is C20H24ClNO3. The molecule has 5 heteroatoms. The number of benzene rings is 2. The van der Waals surface area contributed by atoms with E-state index in [4.69, 9.17) is 21.1 Å². The van der Waals surface area contributed by atoms with Gasteiger partial charge >= 0.3 is 0 Å². The van der Waals surface area contributed by atoms with Crippen LogP contribution in [-0.4, -0.2) is 19.6 Å². The lowest BCUT2D eigenvalue weighted by atomic mass is 10.0. The maximum atomic E-state index is 12.7. The lowest BCUT2D eigenvalue weighted by molar-refractivity contribution is 0.102. The van der Waals surface area contributed by atoms with Crippen LogP contribution in [0.15, 0.2) is 36.4 Å². The molecule has 0 aliphatic heterocycles. The maximum absolute atomic E-state index is 12.7. The van der Waals surface area contributed by atoms with Gasteiger partial charge in [-0.25, -0.2) is 0 Å². The average Bonchev–Trinajstić information content (AvgIpc) is 2.60. The van der Waals surface area contributed by atoms with Crippen molar-refractivity contribution >= 4 is 23.2 Å². The highest BCUT2D eigenvalue weighted by atomic mass is 35.5. The van der Waals surface area contributed by atoms with Crippen LogP contribution in [0.5, 0.6) is 11.5 Å². The highest BCUT2D eigenvalue weighted by Gasteiger charge is 2.17. The van der Waals surface area contributed by atoms with Gasteiger partial charge in [0.25, 0.3) is 5.91 Å². The molecule has 2 rings (SSSR count). The number of amides is 1. The Labute approximate surface area is 154 Å². The monoisotopic (exact) mass is 361 g/mol. The molecule has 4 nitrogen and oxygen atoms in total. The van der Waals surface area contributed by atoms with Crippen LogP contribution in [0.2, 0.25) is 5.02 Å². The van der Waals surface area contributed by atoms with Gasteiger partial charge in [-0.15, -0.1) is 0 Å². The van der Waals surface area contributed by atoms with Crippen molar-refractivity contribution in [2.75, 3.05) is 19.0 Å². The van der Waals surface area contributed by atoms with Crippen LogP contribution in [0.4, 0.5) is 5.69 Å². The van der Waals surface area contributed by atoms with E-state index in [9.17, 15) is 4.79 Å². The quantitative estimate of drug-likeness (QED) is 0.707. The summed E-state index contributed by atoms with van der Waals surface area (Å²) in [6, 6.07) is 11.0. The van der Waals surface area contributed by atoms with Gasteiger partial charge in [0.15, 0.2) is 11.5 Å². The summed E-state index contributed by atoms with van der Waals surface area (Å²) in [6.07, 6.45) is 0.855. The summed E-state index contributed by atoms with van der Waals surface area (Å²) in [5.74, 6) is 0.975. The molecule has 0 aliphatic rings. The minimum atomic E-state index is -0.240. The van der Waals surface area contributed by atoms with Crippen LogP contribution in [0, 0.1) is 0 Å². The zero-order valence-electron chi connectivity index (χ0n) is 15.1. The minimum Gasteiger partial charge on any atom is -0.493 e. The second-order valence-corrected chi connectivity index (χ2v) is 6.44. The molecular weight excluding hydrogens is 338 g/mol. The van der Waals surface area contributed by atoms with Gasteiger partial charge in [0.1, 0.15) is 0 Å². The first kappa shape index (κ1) is 19.1. The Bertz CT molecular complexity index is 744. The Kier molecular flexibility index (Phi) is 6.71. The molecule has 1 N–H and O–H groups in total. The van der Waals surface area contributed by atoms with Crippen LogP contribution in [0.25, 0.3) is 0 Å². The van der Waals surface area contributed by atoms with Crippen molar-refractivity contribution in [3.05, 3.63) is 52.5 Å². The van der Waals surface area contributed by atoms with Crippen molar-refractivity contribution in [3.8, 4) is 11.5 Å². The second kappa shape index (κ2) is 8.77. The summed E-state index contributed by atoms with van der Waals surface area (Å²) in [6.45, 7) is 6.72. The fourth-order valence-electron chi connectivity index (χ4n) is 2.50. The molecule has 134 valence electrons. The number of hydrogen-bond acceptors (Lipinski definition) is 3. The van der Waals surface area contributed by atoms with Crippen molar-refractivity contribution in [3.63, 3.8) is 0 Å². The number of rotatable bonds is 7. The third-order valence-corrected chi connectivity index (χ3v) is 4.05. The van der Waals surface area contributed by atoms with Gasteiger partial charge in [0, 0.05) is 11.3 Å². The van der Waals surface area contributed by atoms with Crippen molar-refractivity contribution in [2.45, 2.75) is 33.1 Å². The van der Waals surface area contributed by atoms with E-state index in [0.29, 0.717) is 34.6 Å².